The molecule has 1 aromatic rings. The minimum absolute atomic E-state index is 0.0772. The topological polar surface area (TPSA) is 103 Å². The Morgan fingerprint density at radius 2 is 2.33 bits per heavy atom. The molecule has 0 spiro atoms. The van der Waals surface area contributed by atoms with Gasteiger partial charge in [-0.25, -0.2) is 0 Å². The highest BCUT2D eigenvalue weighted by Crippen LogP contribution is 2.26. The van der Waals surface area contributed by atoms with Gasteiger partial charge in [-0.05, 0) is 31.4 Å². The maximum Gasteiger partial charge on any atom is 0.293 e. The van der Waals surface area contributed by atoms with E-state index in [1.165, 1.54) is 6.07 Å². The van der Waals surface area contributed by atoms with Gasteiger partial charge in [-0.2, -0.15) is 0 Å². The van der Waals surface area contributed by atoms with Crippen molar-refractivity contribution in [3.63, 3.8) is 0 Å². The average molecular weight is 337 g/mol. The molecule has 2 rings (SSSR count). The molecule has 0 aromatic heterocycles. The van der Waals surface area contributed by atoms with Gasteiger partial charge in [0, 0.05) is 45.0 Å². The summed E-state index contributed by atoms with van der Waals surface area (Å²) in [5.74, 6) is -0.333. The Hall–Kier alpha value is -2.19. The number of ether oxygens (including phenoxy) is 2. The Labute approximate surface area is 140 Å². The average Bonchev–Trinajstić information content (AvgIpc) is 3.10. The van der Waals surface area contributed by atoms with Crippen LogP contribution in [0.1, 0.15) is 29.6 Å². The number of anilines is 1. The van der Waals surface area contributed by atoms with Crippen molar-refractivity contribution < 1.29 is 19.2 Å². The van der Waals surface area contributed by atoms with Crippen LogP contribution in [-0.2, 0) is 9.47 Å². The van der Waals surface area contributed by atoms with Crippen molar-refractivity contribution in [3.05, 3.63) is 33.9 Å². The second kappa shape index (κ2) is 9.19. The summed E-state index contributed by atoms with van der Waals surface area (Å²) in [6.45, 7) is 2.26. The lowest BCUT2D eigenvalue weighted by Crippen LogP contribution is -2.25. The molecule has 132 valence electrons. The predicted octanol–water partition coefficient (Wildman–Crippen LogP) is 1.95. The summed E-state index contributed by atoms with van der Waals surface area (Å²) in [7, 11) is 1.59. The highest BCUT2D eigenvalue weighted by atomic mass is 16.6. The van der Waals surface area contributed by atoms with Gasteiger partial charge in [-0.1, -0.05) is 0 Å². The van der Waals surface area contributed by atoms with E-state index in [2.05, 4.69) is 10.6 Å². The largest absolute Gasteiger partial charge is 0.385 e. The third-order valence-electron chi connectivity index (χ3n) is 3.81. The highest BCUT2D eigenvalue weighted by Gasteiger charge is 2.20. The second-order valence-electron chi connectivity index (χ2n) is 5.61. The number of hydrogen-bond donors (Lipinski definition) is 2. The molecule has 0 bridgehead atoms. The molecule has 1 aliphatic heterocycles. The third-order valence-corrected chi connectivity index (χ3v) is 3.81. The first-order valence-electron chi connectivity index (χ1n) is 8.03. The Morgan fingerprint density at radius 3 is 3.00 bits per heavy atom. The smallest absolute Gasteiger partial charge is 0.293 e. The number of nitro benzene ring substituents is 1. The van der Waals surface area contributed by atoms with Gasteiger partial charge in [0.25, 0.3) is 11.6 Å². The van der Waals surface area contributed by atoms with Gasteiger partial charge in [0.1, 0.15) is 5.69 Å². The van der Waals surface area contributed by atoms with Crippen molar-refractivity contribution >= 4 is 17.3 Å². The molecule has 0 aliphatic carbocycles. The molecule has 1 aliphatic rings. The summed E-state index contributed by atoms with van der Waals surface area (Å²) >= 11 is 0. The number of carbonyl (C=O) groups is 1. The predicted molar refractivity (Wildman–Crippen MR) is 89.4 cm³/mol. The molecular weight excluding hydrogens is 314 g/mol. The van der Waals surface area contributed by atoms with Crippen LogP contribution in [0, 0.1) is 10.1 Å². The van der Waals surface area contributed by atoms with E-state index in [0.29, 0.717) is 31.8 Å². The van der Waals surface area contributed by atoms with Gasteiger partial charge < -0.3 is 20.1 Å². The molecule has 1 amide bonds. The maximum atomic E-state index is 12.0. The van der Waals surface area contributed by atoms with Crippen LogP contribution >= 0.6 is 0 Å². The minimum atomic E-state index is -0.487. The van der Waals surface area contributed by atoms with E-state index in [1.54, 1.807) is 19.2 Å². The molecular formula is C16H23N3O5. The van der Waals surface area contributed by atoms with Gasteiger partial charge in [0.2, 0.25) is 0 Å². The number of nitrogens with one attached hydrogen (secondary N) is 2. The first-order chi connectivity index (χ1) is 11.6. The number of nitrogens with zero attached hydrogens (tertiary/aromatic N) is 1. The molecule has 2 N–H and O–H groups in total. The van der Waals surface area contributed by atoms with Gasteiger partial charge >= 0.3 is 0 Å². The van der Waals surface area contributed by atoms with Crippen LogP contribution < -0.4 is 10.6 Å². The first-order valence-corrected chi connectivity index (χ1v) is 8.03. The monoisotopic (exact) mass is 337 g/mol. The Morgan fingerprint density at radius 1 is 1.50 bits per heavy atom. The Bertz CT molecular complexity index is 573. The van der Waals surface area contributed by atoms with Crippen LogP contribution in [0.15, 0.2) is 18.2 Å². The van der Waals surface area contributed by atoms with Gasteiger partial charge in [0.15, 0.2) is 0 Å². The van der Waals surface area contributed by atoms with E-state index in [-0.39, 0.29) is 23.3 Å². The SMILES string of the molecule is COCCCNC(=O)c1ccc(NCC2CCCO2)c([N+](=O)[O-])c1. The fourth-order valence-corrected chi connectivity index (χ4v) is 2.52. The molecule has 1 aromatic carbocycles. The summed E-state index contributed by atoms with van der Waals surface area (Å²) < 4.78 is 10.4. The molecule has 24 heavy (non-hydrogen) atoms. The molecule has 8 nitrogen and oxygen atoms in total. The summed E-state index contributed by atoms with van der Waals surface area (Å²) in [6.07, 6.45) is 2.72. The minimum Gasteiger partial charge on any atom is -0.385 e. The van der Waals surface area contributed by atoms with Crippen LogP contribution in [0.2, 0.25) is 0 Å². The molecule has 1 fully saturated rings. The van der Waals surface area contributed by atoms with Crippen molar-refractivity contribution in [1.29, 1.82) is 0 Å². The van der Waals surface area contributed by atoms with Gasteiger partial charge in [-0.15, -0.1) is 0 Å². The number of carbonyl (C=O) groups excluding carboxylic acids is 1. The zero-order chi connectivity index (χ0) is 17.4. The molecule has 1 unspecified atom stereocenters. The second-order valence-corrected chi connectivity index (χ2v) is 5.61. The van der Waals surface area contributed by atoms with Crippen molar-refractivity contribution in [1.82, 2.24) is 5.32 Å². The van der Waals surface area contributed by atoms with Crippen molar-refractivity contribution in [2.75, 3.05) is 38.7 Å². The van der Waals surface area contributed by atoms with Crippen LogP contribution in [0.4, 0.5) is 11.4 Å². The lowest BCUT2D eigenvalue weighted by atomic mass is 10.1. The normalized spacial score (nSPS) is 16.8. The van der Waals surface area contributed by atoms with E-state index in [0.717, 1.165) is 19.4 Å². The van der Waals surface area contributed by atoms with Crippen molar-refractivity contribution in [2.45, 2.75) is 25.4 Å². The van der Waals surface area contributed by atoms with Crippen LogP contribution in [0.3, 0.4) is 0 Å². The van der Waals surface area contributed by atoms with Gasteiger partial charge in [-0.3, -0.25) is 14.9 Å². The molecule has 1 heterocycles. The van der Waals surface area contributed by atoms with E-state index < -0.39 is 4.92 Å². The van der Waals surface area contributed by atoms with Crippen molar-refractivity contribution in [2.24, 2.45) is 0 Å². The third kappa shape index (κ3) is 5.17. The molecule has 0 saturated carbocycles. The first kappa shape index (κ1) is 18.2. The molecule has 8 heteroatoms. The summed E-state index contributed by atoms with van der Waals surface area (Å²) in [5.41, 5.74) is 0.547. The summed E-state index contributed by atoms with van der Waals surface area (Å²) in [4.78, 5) is 22.8. The zero-order valence-electron chi connectivity index (χ0n) is 13.7. The highest BCUT2D eigenvalue weighted by molar-refractivity contribution is 5.95. The zero-order valence-corrected chi connectivity index (χ0v) is 13.7. The molecule has 1 saturated heterocycles. The molecule has 0 radical (unpaired) electrons. The van der Waals surface area contributed by atoms with Crippen LogP contribution in [0.5, 0.6) is 0 Å². The van der Waals surface area contributed by atoms with E-state index >= 15 is 0 Å². The number of amides is 1. The fraction of sp³-hybridized carbons (Fsp3) is 0.562. The number of benzene rings is 1. The van der Waals surface area contributed by atoms with Crippen molar-refractivity contribution in [3.8, 4) is 0 Å². The van der Waals surface area contributed by atoms with Gasteiger partial charge in [0.05, 0.1) is 11.0 Å². The molecule has 1 atom stereocenters. The standard InChI is InChI=1S/C16H23N3O5/c1-23-8-3-7-17-16(20)12-5-6-14(15(10-12)19(21)22)18-11-13-4-2-9-24-13/h5-6,10,13,18H,2-4,7-9,11H2,1H3,(H,17,20). The van der Waals surface area contributed by atoms with Crippen LogP contribution in [0.25, 0.3) is 0 Å². The Balaban J connectivity index is 1.99. The number of hydrogen-bond acceptors (Lipinski definition) is 6. The number of methoxy groups -OCH3 is 1. The fourth-order valence-electron chi connectivity index (χ4n) is 2.52. The quantitative estimate of drug-likeness (QED) is 0.406. The summed E-state index contributed by atoms with van der Waals surface area (Å²) in [6, 6.07) is 4.44. The van der Waals surface area contributed by atoms with Crippen LogP contribution in [-0.4, -0.2) is 50.3 Å². The van der Waals surface area contributed by atoms with E-state index in [1.807, 2.05) is 0 Å². The number of rotatable bonds is 9. The summed E-state index contributed by atoms with van der Waals surface area (Å²) in [5, 5.41) is 17.0. The lowest BCUT2D eigenvalue weighted by Gasteiger charge is -2.12. The maximum absolute atomic E-state index is 12.0. The van der Waals surface area contributed by atoms with E-state index in [9.17, 15) is 14.9 Å². The number of nitro groups is 1. The lowest BCUT2D eigenvalue weighted by molar-refractivity contribution is -0.384. The van der Waals surface area contributed by atoms with E-state index in [4.69, 9.17) is 9.47 Å². The Kier molecular flexibility index (Phi) is 6.95.